The number of halogens is 3. The number of nitrogens with one attached hydrogen (secondary N) is 1. The Morgan fingerprint density at radius 3 is 2.53 bits per heavy atom. The molecule has 0 bridgehead atoms. The molecule has 2 aromatic heterocycles. The number of urea groups is 1. The molecule has 0 saturated carbocycles. The largest absolute Gasteiger partial charge is 0.394 e. The van der Waals surface area contributed by atoms with Gasteiger partial charge in [0.25, 0.3) is 0 Å². The van der Waals surface area contributed by atoms with E-state index in [4.69, 9.17) is 5.11 Å². The summed E-state index contributed by atoms with van der Waals surface area (Å²) in [5, 5.41) is 21.2. The third-order valence-corrected chi connectivity index (χ3v) is 6.00. The van der Waals surface area contributed by atoms with Crippen LogP contribution in [0.15, 0.2) is 24.4 Å². The molecule has 12 heteroatoms. The van der Waals surface area contributed by atoms with Gasteiger partial charge in [0.05, 0.1) is 22.9 Å². The molecule has 1 aliphatic rings. The maximum absolute atomic E-state index is 14.5. The number of aliphatic hydroxyl groups excluding tert-OH is 2. The number of hydrogen-bond donors (Lipinski definition) is 3. The second kappa shape index (κ2) is 9.27. The lowest BCUT2D eigenvalue weighted by atomic mass is 10.1. The smallest absolute Gasteiger partial charge is 0.323 e. The van der Waals surface area contributed by atoms with Crippen LogP contribution >= 0.6 is 11.3 Å². The molecular formula is C20H20F3N5O3S. The second-order valence-electron chi connectivity index (χ2n) is 7.35. The Balaban J connectivity index is 1.36. The van der Waals surface area contributed by atoms with E-state index in [9.17, 15) is 23.1 Å². The van der Waals surface area contributed by atoms with Crippen LogP contribution in [0.4, 0.5) is 28.9 Å². The summed E-state index contributed by atoms with van der Waals surface area (Å²) < 4.78 is 41.6. The van der Waals surface area contributed by atoms with Gasteiger partial charge in [0.1, 0.15) is 0 Å². The van der Waals surface area contributed by atoms with Gasteiger partial charge in [0, 0.05) is 44.9 Å². The van der Waals surface area contributed by atoms with Crippen LogP contribution in [0.5, 0.6) is 0 Å². The normalized spacial score (nSPS) is 15.3. The van der Waals surface area contributed by atoms with Crippen molar-refractivity contribution < 1.29 is 28.2 Å². The zero-order valence-electron chi connectivity index (χ0n) is 16.8. The number of carbonyl (C=O) groups is 1. The van der Waals surface area contributed by atoms with Crippen LogP contribution in [0, 0.1) is 17.5 Å². The Kier molecular flexibility index (Phi) is 6.44. The maximum atomic E-state index is 14.5. The lowest BCUT2D eigenvalue weighted by molar-refractivity contribution is 0.0954. The van der Waals surface area contributed by atoms with Crippen LogP contribution in [0.25, 0.3) is 10.2 Å². The van der Waals surface area contributed by atoms with E-state index < -0.39 is 36.2 Å². The zero-order chi connectivity index (χ0) is 22.8. The van der Waals surface area contributed by atoms with Crippen molar-refractivity contribution in [3.05, 3.63) is 47.4 Å². The van der Waals surface area contributed by atoms with Crippen LogP contribution < -0.4 is 10.2 Å². The van der Waals surface area contributed by atoms with Crippen molar-refractivity contribution in [1.29, 1.82) is 0 Å². The lowest BCUT2D eigenvalue weighted by Crippen LogP contribution is -2.50. The van der Waals surface area contributed by atoms with Crippen molar-refractivity contribution in [1.82, 2.24) is 14.9 Å². The number of aliphatic hydroxyl groups is 2. The Bertz CT molecular complexity index is 1100. The highest BCUT2D eigenvalue weighted by Crippen LogP contribution is 2.28. The molecule has 170 valence electrons. The standard InChI is InChI=1S/C20H20F3N5O3S/c21-13-7-16-17(8-14(13)22)32-19(25-16)26-20(31)28-3-1-27(2-4-28)18-15(23)6-11(9-24-18)5-12(30)10-29/h6-9,12,29-30H,1-5,10H2,(H,25,26,31)/t12-/m1/s1. The number of anilines is 2. The average molecular weight is 467 g/mol. The van der Waals surface area contributed by atoms with Crippen molar-refractivity contribution in [3.63, 3.8) is 0 Å². The van der Waals surface area contributed by atoms with Crippen LogP contribution in [0.2, 0.25) is 0 Å². The summed E-state index contributed by atoms with van der Waals surface area (Å²) in [6.45, 7) is 0.911. The highest BCUT2D eigenvalue weighted by molar-refractivity contribution is 7.22. The third-order valence-electron chi connectivity index (χ3n) is 5.07. The van der Waals surface area contributed by atoms with Gasteiger partial charge < -0.3 is 20.0 Å². The fourth-order valence-electron chi connectivity index (χ4n) is 3.42. The number of pyridine rings is 1. The van der Waals surface area contributed by atoms with Gasteiger partial charge in [0.2, 0.25) is 0 Å². The lowest BCUT2D eigenvalue weighted by Gasteiger charge is -2.35. The van der Waals surface area contributed by atoms with Gasteiger partial charge in [-0.3, -0.25) is 5.32 Å². The van der Waals surface area contributed by atoms with Gasteiger partial charge in [-0.05, 0) is 17.7 Å². The van der Waals surface area contributed by atoms with Gasteiger partial charge in [0.15, 0.2) is 28.4 Å². The molecular weight excluding hydrogens is 447 g/mol. The summed E-state index contributed by atoms with van der Waals surface area (Å²) >= 11 is 1.04. The molecule has 1 aromatic carbocycles. The number of aromatic nitrogens is 2. The summed E-state index contributed by atoms with van der Waals surface area (Å²) in [5.41, 5.74) is 0.729. The van der Waals surface area contributed by atoms with E-state index in [1.807, 2.05) is 0 Å². The van der Waals surface area contributed by atoms with E-state index >= 15 is 0 Å². The minimum absolute atomic E-state index is 0.0969. The SMILES string of the molecule is O=C(Nc1nc2cc(F)c(F)cc2s1)N1CCN(c2ncc(C[C@@H](O)CO)cc2F)CC1. The predicted octanol–water partition coefficient (Wildman–Crippen LogP) is 2.36. The minimum Gasteiger partial charge on any atom is -0.394 e. The van der Waals surface area contributed by atoms with Crippen molar-refractivity contribution in [2.24, 2.45) is 0 Å². The molecule has 4 rings (SSSR count). The number of rotatable bonds is 5. The van der Waals surface area contributed by atoms with E-state index in [0.717, 1.165) is 23.5 Å². The molecule has 0 aliphatic carbocycles. The van der Waals surface area contributed by atoms with Crippen molar-refractivity contribution in [2.45, 2.75) is 12.5 Å². The van der Waals surface area contributed by atoms with Crippen LogP contribution in [0.3, 0.4) is 0 Å². The van der Waals surface area contributed by atoms with E-state index in [2.05, 4.69) is 15.3 Å². The monoisotopic (exact) mass is 467 g/mol. The van der Waals surface area contributed by atoms with E-state index in [1.54, 1.807) is 4.90 Å². The first-order valence-electron chi connectivity index (χ1n) is 9.84. The molecule has 1 aliphatic heterocycles. The van der Waals surface area contributed by atoms with Crippen molar-refractivity contribution in [3.8, 4) is 0 Å². The highest BCUT2D eigenvalue weighted by Gasteiger charge is 2.25. The Morgan fingerprint density at radius 1 is 1.12 bits per heavy atom. The van der Waals surface area contributed by atoms with Gasteiger partial charge in [-0.25, -0.2) is 27.9 Å². The predicted molar refractivity (Wildman–Crippen MR) is 113 cm³/mol. The number of nitrogens with zero attached hydrogens (tertiary/aromatic N) is 4. The summed E-state index contributed by atoms with van der Waals surface area (Å²) in [4.78, 5) is 24.0. The fourth-order valence-corrected chi connectivity index (χ4v) is 4.28. The van der Waals surface area contributed by atoms with Crippen LogP contribution in [-0.4, -0.2) is 70.0 Å². The quantitative estimate of drug-likeness (QED) is 0.533. The molecule has 3 heterocycles. The number of benzene rings is 1. The molecule has 3 N–H and O–H groups in total. The molecule has 1 atom stereocenters. The molecule has 8 nitrogen and oxygen atoms in total. The first-order valence-corrected chi connectivity index (χ1v) is 10.7. The second-order valence-corrected chi connectivity index (χ2v) is 8.38. The number of carbonyl (C=O) groups excluding carboxylic acids is 1. The Labute approximate surface area is 184 Å². The highest BCUT2D eigenvalue weighted by atomic mass is 32.1. The van der Waals surface area contributed by atoms with Gasteiger partial charge >= 0.3 is 6.03 Å². The van der Waals surface area contributed by atoms with E-state index in [1.165, 1.54) is 17.2 Å². The molecule has 2 amide bonds. The third kappa shape index (κ3) is 4.76. The van der Waals surface area contributed by atoms with Crippen LogP contribution in [-0.2, 0) is 6.42 Å². The van der Waals surface area contributed by atoms with Gasteiger partial charge in [-0.1, -0.05) is 11.3 Å². The van der Waals surface area contributed by atoms with Crippen LogP contribution in [0.1, 0.15) is 5.56 Å². The summed E-state index contributed by atoms with van der Waals surface area (Å²) in [5.74, 6) is -2.37. The van der Waals surface area contributed by atoms with Gasteiger partial charge in [-0.15, -0.1) is 0 Å². The molecule has 1 saturated heterocycles. The Morgan fingerprint density at radius 2 is 1.84 bits per heavy atom. The number of hydrogen-bond acceptors (Lipinski definition) is 7. The zero-order valence-corrected chi connectivity index (χ0v) is 17.6. The summed E-state index contributed by atoms with van der Waals surface area (Å²) in [6, 6.07) is 2.88. The maximum Gasteiger partial charge on any atom is 0.323 e. The first-order chi connectivity index (χ1) is 15.3. The first kappa shape index (κ1) is 22.2. The summed E-state index contributed by atoms with van der Waals surface area (Å²) in [7, 11) is 0. The minimum atomic E-state index is -1.00. The number of fused-ring (bicyclic) bond motifs is 1. The number of piperazine rings is 1. The van der Waals surface area contributed by atoms with E-state index in [0.29, 0.717) is 36.4 Å². The molecule has 1 fully saturated rings. The number of thiazole rings is 1. The average Bonchev–Trinajstić information content (AvgIpc) is 3.15. The van der Waals surface area contributed by atoms with Crippen molar-refractivity contribution >= 4 is 38.5 Å². The molecule has 0 spiro atoms. The molecule has 3 aromatic rings. The topological polar surface area (TPSA) is 102 Å². The molecule has 32 heavy (non-hydrogen) atoms. The fraction of sp³-hybridized carbons (Fsp3) is 0.350. The van der Waals surface area contributed by atoms with Gasteiger partial charge in [-0.2, -0.15) is 0 Å². The Hall–Kier alpha value is -2.96. The van der Waals surface area contributed by atoms with E-state index in [-0.39, 0.29) is 22.9 Å². The molecule has 0 unspecified atom stereocenters. The molecule has 0 radical (unpaired) electrons. The van der Waals surface area contributed by atoms with Crippen molar-refractivity contribution in [2.75, 3.05) is 43.0 Å². The number of amides is 2. The summed E-state index contributed by atoms with van der Waals surface area (Å²) in [6.07, 6.45) is 0.576.